The van der Waals surface area contributed by atoms with Crippen molar-refractivity contribution in [3.63, 3.8) is 0 Å². The van der Waals surface area contributed by atoms with E-state index in [0.717, 1.165) is 48.2 Å². The molecular formula is C20H28N4O2. The van der Waals surface area contributed by atoms with E-state index in [9.17, 15) is 9.59 Å². The van der Waals surface area contributed by atoms with Crippen LogP contribution < -0.4 is 0 Å². The lowest BCUT2D eigenvalue weighted by atomic mass is 10.1. The maximum absolute atomic E-state index is 13.0. The lowest BCUT2D eigenvalue weighted by molar-refractivity contribution is -0.129. The summed E-state index contributed by atoms with van der Waals surface area (Å²) in [5.74, 6) is 0.180. The Kier molecular flexibility index (Phi) is 5.32. The van der Waals surface area contributed by atoms with Gasteiger partial charge >= 0.3 is 0 Å². The first kappa shape index (κ1) is 18.5. The smallest absolute Gasteiger partial charge is 0.253 e. The van der Waals surface area contributed by atoms with E-state index in [1.807, 2.05) is 23.1 Å². The number of carbonyl (C=O) groups excluding carboxylic acids is 2. The van der Waals surface area contributed by atoms with Crippen molar-refractivity contribution in [3.8, 4) is 0 Å². The van der Waals surface area contributed by atoms with Crippen LogP contribution in [-0.4, -0.2) is 78.3 Å². The molecule has 1 aliphatic heterocycles. The Labute approximate surface area is 154 Å². The van der Waals surface area contributed by atoms with Gasteiger partial charge in [0, 0.05) is 62.4 Å². The van der Waals surface area contributed by atoms with Crippen LogP contribution in [-0.2, 0) is 4.79 Å². The summed E-state index contributed by atoms with van der Waals surface area (Å²) in [5.41, 5.74) is 4.14. The molecule has 0 spiro atoms. The van der Waals surface area contributed by atoms with Crippen molar-refractivity contribution in [1.82, 2.24) is 19.7 Å². The number of likely N-dealkylation sites (N-methyl/N-ethyl adjacent to an activating group) is 1. The molecule has 2 amide bonds. The van der Waals surface area contributed by atoms with Crippen LogP contribution in [0.3, 0.4) is 0 Å². The Balaban J connectivity index is 1.70. The van der Waals surface area contributed by atoms with Crippen molar-refractivity contribution < 1.29 is 9.59 Å². The van der Waals surface area contributed by atoms with Gasteiger partial charge in [-0.2, -0.15) is 0 Å². The van der Waals surface area contributed by atoms with Gasteiger partial charge in [-0.1, -0.05) is 0 Å². The van der Waals surface area contributed by atoms with Crippen LogP contribution in [0.4, 0.5) is 0 Å². The molecule has 1 N–H and O–H groups in total. The molecule has 1 fully saturated rings. The Morgan fingerprint density at radius 1 is 1.12 bits per heavy atom. The number of aromatic amines is 1. The van der Waals surface area contributed by atoms with Crippen molar-refractivity contribution in [1.29, 1.82) is 0 Å². The predicted molar refractivity (Wildman–Crippen MR) is 103 cm³/mol. The summed E-state index contributed by atoms with van der Waals surface area (Å²) >= 11 is 0. The minimum absolute atomic E-state index is 0.0749. The first-order valence-corrected chi connectivity index (χ1v) is 9.17. The Bertz CT molecular complexity index is 825. The number of nitrogens with zero attached hydrogens (tertiary/aromatic N) is 3. The van der Waals surface area contributed by atoms with Crippen molar-refractivity contribution >= 4 is 22.7 Å². The average molecular weight is 356 g/mol. The molecule has 1 aromatic carbocycles. The fourth-order valence-electron chi connectivity index (χ4n) is 3.44. The van der Waals surface area contributed by atoms with Crippen LogP contribution in [0, 0.1) is 13.8 Å². The van der Waals surface area contributed by atoms with E-state index in [4.69, 9.17) is 0 Å². The highest BCUT2D eigenvalue weighted by Crippen LogP contribution is 2.23. The number of hydrogen-bond donors (Lipinski definition) is 1. The number of fused-ring (bicyclic) bond motifs is 1. The van der Waals surface area contributed by atoms with Crippen LogP contribution in [0.2, 0.25) is 0 Å². The van der Waals surface area contributed by atoms with Crippen molar-refractivity contribution in [3.05, 3.63) is 35.0 Å². The third-order valence-corrected chi connectivity index (χ3v) is 5.29. The van der Waals surface area contributed by atoms with Gasteiger partial charge in [0.25, 0.3) is 5.91 Å². The van der Waals surface area contributed by atoms with Crippen LogP contribution in [0.15, 0.2) is 18.2 Å². The highest BCUT2D eigenvalue weighted by Gasteiger charge is 2.22. The van der Waals surface area contributed by atoms with E-state index in [1.54, 1.807) is 19.0 Å². The summed E-state index contributed by atoms with van der Waals surface area (Å²) in [7, 11) is 3.55. The number of amides is 2. The van der Waals surface area contributed by atoms with Crippen LogP contribution in [0.25, 0.3) is 10.9 Å². The lowest BCUT2D eigenvalue weighted by Gasteiger charge is -2.23. The molecule has 3 rings (SSSR count). The second kappa shape index (κ2) is 7.50. The second-order valence-corrected chi connectivity index (χ2v) is 7.35. The molecular weight excluding hydrogens is 328 g/mol. The number of aromatic nitrogens is 1. The Morgan fingerprint density at radius 2 is 1.88 bits per heavy atom. The largest absolute Gasteiger partial charge is 0.358 e. The van der Waals surface area contributed by atoms with Gasteiger partial charge < -0.3 is 14.8 Å². The van der Waals surface area contributed by atoms with Crippen molar-refractivity contribution in [2.75, 3.05) is 46.8 Å². The molecule has 2 heterocycles. The van der Waals surface area contributed by atoms with Gasteiger partial charge in [0.15, 0.2) is 0 Å². The van der Waals surface area contributed by atoms with Crippen LogP contribution in [0.5, 0.6) is 0 Å². The second-order valence-electron chi connectivity index (χ2n) is 7.35. The van der Waals surface area contributed by atoms with Crippen LogP contribution >= 0.6 is 0 Å². The van der Waals surface area contributed by atoms with Gasteiger partial charge in [-0.05, 0) is 44.0 Å². The Hall–Kier alpha value is -2.34. The zero-order chi connectivity index (χ0) is 18.8. The van der Waals surface area contributed by atoms with E-state index in [0.29, 0.717) is 13.1 Å². The minimum Gasteiger partial charge on any atom is -0.358 e. The molecule has 0 saturated carbocycles. The number of nitrogens with one attached hydrogen (secondary N) is 1. The normalized spacial score (nSPS) is 15.9. The quantitative estimate of drug-likeness (QED) is 0.915. The third kappa shape index (κ3) is 3.75. The van der Waals surface area contributed by atoms with Gasteiger partial charge in [-0.3, -0.25) is 14.5 Å². The SMILES string of the molecule is Cc1[nH]c2ccc(C(=O)N3CCCN(CC(=O)N(C)C)CC3)cc2c1C. The van der Waals surface area contributed by atoms with E-state index >= 15 is 0 Å². The zero-order valence-electron chi connectivity index (χ0n) is 16.1. The Morgan fingerprint density at radius 3 is 2.62 bits per heavy atom. The van der Waals surface area contributed by atoms with Gasteiger partial charge in [0.1, 0.15) is 0 Å². The van der Waals surface area contributed by atoms with Gasteiger partial charge in [-0.15, -0.1) is 0 Å². The number of aryl methyl sites for hydroxylation is 2. The first-order valence-electron chi connectivity index (χ1n) is 9.17. The molecule has 1 aromatic heterocycles. The summed E-state index contributed by atoms with van der Waals surface area (Å²) in [5, 5.41) is 1.11. The highest BCUT2D eigenvalue weighted by atomic mass is 16.2. The van der Waals surface area contributed by atoms with Gasteiger partial charge in [0.05, 0.1) is 6.54 Å². The topological polar surface area (TPSA) is 59.7 Å². The molecule has 0 unspecified atom stereocenters. The molecule has 1 aliphatic rings. The number of rotatable bonds is 3. The fourth-order valence-corrected chi connectivity index (χ4v) is 3.44. The van der Waals surface area contributed by atoms with Gasteiger partial charge in [0.2, 0.25) is 5.91 Å². The molecule has 2 aromatic rings. The van der Waals surface area contributed by atoms with E-state index in [-0.39, 0.29) is 11.8 Å². The van der Waals surface area contributed by atoms with E-state index < -0.39 is 0 Å². The van der Waals surface area contributed by atoms with E-state index in [2.05, 4.69) is 23.7 Å². The number of hydrogen-bond acceptors (Lipinski definition) is 3. The van der Waals surface area contributed by atoms with Crippen molar-refractivity contribution in [2.45, 2.75) is 20.3 Å². The fraction of sp³-hybridized carbons (Fsp3) is 0.500. The summed E-state index contributed by atoms with van der Waals surface area (Å²) in [6.45, 7) is 7.51. The molecule has 0 bridgehead atoms. The van der Waals surface area contributed by atoms with Crippen LogP contribution in [0.1, 0.15) is 28.0 Å². The predicted octanol–water partition coefficient (Wildman–Crippen LogP) is 2.02. The average Bonchev–Trinajstić information content (AvgIpc) is 2.78. The summed E-state index contributed by atoms with van der Waals surface area (Å²) in [6, 6.07) is 5.88. The number of carbonyl (C=O) groups is 2. The summed E-state index contributed by atoms with van der Waals surface area (Å²) < 4.78 is 0. The molecule has 26 heavy (non-hydrogen) atoms. The van der Waals surface area contributed by atoms with E-state index in [1.165, 1.54) is 5.56 Å². The summed E-state index contributed by atoms with van der Waals surface area (Å²) in [4.78, 5) is 33.9. The third-order valence-electron chi connectivity index (χ3n) is 5.29. The monoisotopic (exact) mass is 356 g/mol. The minimum atomic E-state index is 0.0749. The standard InChI is InChI=1S/C20H28N4O2/c1-14-15(2)21-18-7-6-16(12-17(14)18)20(26)24-9-5-8-23(10-11-24)13-19(25)22(3)4/h6-7,12,21H,5,8-11,13H2,1-4H3. The number of benzene rings is 1. The van der Waals surface area contributed by atoms with Gasteiger partial charge in [-0.25, -0.2) is 0 Å². The molecule has 0 aliphatic carbocycles. The first-order chi connectivity index (χ1) is 12.4. The zero-order valence-corrected chi connectivity index (χ0v) is 16.1. The molecule has 1 saturated heterocycles. The molecule has 0 atom stereocenters. The summed E-state index contributed by atoms with van der Waals surface area (Å²) in [6.07, 6.45) is 0.886. The van der Waals surface area contributed by atoms with Crippen molar-refractivity contribution in [2.24, 2.45) is 0 Å². The molecule has 0 radical (unpaired) electrons. The highest BCUT2D eigenvalue weighted by molar-refractivity contribution is 5.99. The molecule has 140 valence electrons. The lowest BCUT2D eigenvalue weighted by Crippen LogP contribution is -2.39. The molecule has 6 heteroatoms. The number of H-pyrrole nitrogens is 1. The molecule has 6 nitrogen and oxygen atoms in total. The maximum Gasteiger partial charge on any atom is 0.253 e. The maximum atomic E-state index is 13.0.